The van der Waals surface area contributed by atoms with E-state index in [1.807, 2.05) is 7.05 Å². The van der Waals surface area contributed by atoms with E-state index in [2.05, 4.69) is 19.2 Å². The normalized spacial score (nSPS) is 8.57. The summed E-state index contributed by atoms with van der Waals surface area (Å²) in [6.45, 7) is 5.51. The summed E-state index contributed by atoms with van der Waals surface area (Å²) in [5, 5.41) is 3.07. The zero-order chi connectivity index (χ0) is 4.99. The molecule has 0 aromatic carbocycles. The number of hydrogen-bond donors (Lipinski definition) is 1. The van der Waals surface area contributed by atoms with Crippen LogP contribution in [0.15, 0.2) is 0 Å². The molecule has 0 unspecified atom stereocenters. The smallest absolute Gasteiger partial charge is 0.00288 e. The van der Waals surface area contributed by atoms with E-state index in [0.29, 0.717) is 0 Å². The maximum atomic E-state index is 3.07. The van der Waals surface area contributed by atoms with Crippen LogP contribution >= 0.6 is 12.4 Å². The second-order valence-electron chi connectivity index (χ2n) is 1.95. The zero-order valence-electron chi connectivity index (χ0n) is 5.19. The van der Waals surface area contributed by atoms with E-state index in [1.54, 1.807) is 0 Å². The first-order valence-corrected chi connectivity index (χ1v) is 2.42. The van der Waals surface area contributed by atoms with Gasteiger partial charge >= 0.3 is 0 Å². The maximum Gasteiger partial charge on any atom is -0.00288 e. The number of halogens is 1. The van der Waals surface area contributed by atoms with E-state index in [-0.39, 0.29) is 12.4 Å². The number of nitrogens with one attached hydrogen (secondary N) is 1. The minimum atomic E-state index is 0. The summed E-state index contributed by atoms with van der Waals surface area (Å²) in [5.41, 5.74) is 0. The third-order valence-electron chi connectivity index (χ3n) is 0.612. The van der Waals surface area contributed by atoms with Crippen molar-refractivity contribution in [2.75, 3.05) is 13.6 Å². The van der Waals surface area contributed by atoms with Gasteiger partial charge < -0.3 is 5.32 Å². The van der Waals surface area contributed by atoms with Crippen molar-refractivity contribution in [3.05, 3.63) is 0 Å². The second-order valence-corrected chi connectivity index (χ2v) is 1.95. The molecule has 0 aliphatic heterocycles. The van der Waals surface area contributed by atoms with Gasteiger partial charge in [0.05, 0.1) is 0 Å². The molecule has 0 aliphatic carbocycles. The van der Waals surface area contributed by atoms with E-state index in [1.165, 1.54) is 0 Å². The lowest BCUT2D eigenvalue weighted by atomic mass is 10.2. The minimum Gasteiger partial charge on any atom is -0.319 e. The maximum absolute atomic E-state index is 3.07. The summed E-state index contributed by atoms with van der Waals surface area (Å²) < 4.78 is 0. The third kappa shape index (κ3) is 10.7. The first-order valence-electron chi connectivity index (χ1n) is 2.42. The molecule has 0 aliphatic rings. The lowest BCUT2D eigenvalue weighted by Gasteiger charge is -1.98. The van der Waals surface area contributed by atoms with Gasteiger partial charge in [-0.1, -0.05) is 13.8 Å². The van der Waals surface area contributed by atoms with Crippen LogP contribution in [0.25, 0.3) is 0 Å². The Bertz CT molecular complexity index is 29.3. The molecule has 0 saturated carbocycles. The van der Waals surface area contributed by atoms with Crippen molar-refractivity contribution in [3.63, 3.8) is 0 Å². The van der Waals surface area contributed by atoms with Crippen LogP contribution in [0.4, 0.5) is 0 Å². The molecule has 2 heteroatoms. The summed E-state index contributed by atoms with van der Waals surface area (Å²) >= 11 is 0. The predicted octanol–water partition coefficient (Wildman–Crippen LogP) is 1.28. The van der Waals surface area contributed by atoms with Crippen molar-refractivity contribution in [2.24, 2.45) is 5.92 Å². The second kappa shape index (κ2) is 6.25. The number of rotatable bonds is 2. The standard InChI is InChI=1S/C5H13N.ClH/c1-5(2)4-6-3;/h5-6H,4H2,1-3H3;1H. The highest BCUT2D eigenvalue weighted by Gasteiger charge is 1.84. The van der Waals surface area contributed by atoms with Crippen LogP contribution in [0, 0.1) is 5.92 Å². The van der Waals surface area contributed by atoms with Crippen LogP contribution in [0.5, 0.6) is 0 Å². The fourth-order valence-corrected chi connectivity index (χ4v) is 0.408. The van der Waals surface area contributed by atoms with Gasteiger partial charge in [0.25, 0.3) is 0 Å². The van der Waals surface area contributed by atoms with Gasteiger partial charge in [-0.25, -0.2) is 0 Å². The van der Waals surface area contributed by atoms with Crippen molar-refractivity contribution in [1.29, 1.82) is 0 Å². The van der Waals surface area contributed by atoms with E-state index in [9.17, 15) is 0 Å². The Morgan fingerprint density at radius 1 is 1.43 bits per heavy atom. The molecule has 0 fully saturated rings. The first-order chi connectivity index (χ1) is 2.77. The van der Waals surface area contributed by atoms with Gasteiger partial charge in [0.1, 0.15) is 0 Å². The Hall–Kier alpha value is 0.250. The molecule has 0 radical (unpaired) electrons. The molecule has 1 nitrogen and oxygen atoms in total. The lowest BCUT2D eigenvalue weighted by molar-refractivity contribution is 0.595. The van der Waals surface area contributed by atoms with Crippen molar-refractivity contribution in [1.82, 2.24) is 5.32 Å². The van der Waals surface area contributed by atoms with Gasteiger partial charge in [-0.3, -0.25) is 0 Å². The quantitative estimate of drug-likeness (QED) is 0.584. The topological polar surface area (TPSA) is 12.0 Å². The molecular formula is C5H14ClN. The Balaban J connectivity index is 0. The largest absolute Gasteiger partial charge is 0.319 e. The third-order valence-corrected chi connectivity index (χ3v) is 0.612. The Morgan fingerprint density at radius 2 is 1.86 bits per heavy atom. The SMILES string of the molecule is CNCC(C)C.Cl. The molecule has 0 atom stereocenters. The Kier molecular flexibility index (Phi) is 9.17. The van der Waals surface area contributed by atoms with Gasteiger partial charge in [0.15, 0.2) is 0 Å². The van der Waals surface area contributed by atoms with Gasteiger partial charge in [-0.2, -0.15) is 0 Å². The summed E-state index contributed by atoms with van der Waals surface area (Å²) in [6, 6.07) is 0. The summed E-state index contributed by atoms with van der Waals surface area (Å²) in [7, 11) is 1.97. The first kappa shape index (κ1) is 10.3. The van der Waals surface area contributed by atoms with Crippen LogP contribution in [0.2, 0.25) is 0 Å². The van der Waals surface area contributed by atoms with Gasteiger partial charge in [-0.15, -0.1) is 12.4 Å². The molecular weight excluding hydrogens is 110 g/mol. The highest BCUT2D eigenvalue weighted by molar-refractivity contribution is 5.85. The minimum absolute atomic E-state index is 0. The van der Waals surface area contributed by atoms with Crippen LogP contribution in [-0.4, -0.2) is 13.6 Å². The van der Waals surface area contributed by atoms with Crippen molar-refractivity contribution >= 4 is 12.4 Å². The lowest BCUT2D eigenvalue weighted by Crippen LogP contribution is -2.12. The molecule has 0 spiro atoms. The molecule has 0 amide bonds. The molecule has 1 N–H and O–H groups in total. The van der Waals surface area contributed by atoms with E-state index >= 15 is 0 Å². The summed E-state index contributed by atoms with van der Waals surface area (Å²) in [4.78, 5) is 0. The fraction of sp³-hybridized carbons (Fsp3) is 1.00. The van der Waals surface area contributed by atoms with Gasteiger partial charge in [0, 0.05) is 0 Å². The summed E-state index contributed by atoms with van der Waals surface area (Å²) in [6.07, 6.45) is 0. The fourth-order valence-electron chi connectivity index (χ4n) is 0.408. The van der Waals surface area contributed by atoms with Crippen LogP contribution in [0.3, 0.4) is 0 Å². The molecule has 0 rings (SSSR count). The molecule has 0 aromatic rings. The Labute approximate surface area is 51.9 Å². The molecule has 7 heavy (non-hydrogen) atoms. The van der Waals surface area contributed by atoms with E-state index in [0.717, 1.165) is 12.5 Å². The summed E-state index contributed by atoms with van der Waals surface area (Å²) in [5.74, 6) is 0.787. The van der Waals surface area contributed by atoms with Gasteiger partial charge in [-0.05, 0) is 19.5 Å². The van der Waals surface area contributed by atoms with Crippen molar-refractivity contribution < 1.29 is 0 Å². The number of hydrogen-bond acceptors (Lipinski definition) is 1. The monoisotopic (exact) mass is 123 g/mol. The molecule has 46 valence electrons. The zero-order valence-corrected chi connectivity index (χ0v) is 6.01. The van der Waals surface area contributed by atoms with Crippen molar-refractivity contribution in [2.45, 2.75) is 13.8 Å². The van der Waals surface area contributed by atoms with Crippen LogP contribution in [-0.2, 0) is 0 Å². The Morgan fingerprint density at radius 3 is 1.86 bits per heavy atom. The molecule has 0 aromatic heterocycles. The highest BCUT2D eigenvalue weighted by atomic mass is 35.5. The van der Waals surface area contributed by atoms with E-state index < -0.39 is 0 Å². The van der Waals surface area contributed by atoms with Gasteiger partial charge in [0.2, 0.25) is 0 Å². The molecule has 0 bridgehead atoms. The van der Waals surface area contributed by atoms with Crippen molar-refractivity contribution in [3.8, 4) is 0 Å². The highest BCUT2D eigenvalue weighted by Crippen LogP contribution is 1.83. The van der Waals surface area contributed by atoms with Crippen LogP contribution in [0.1, 0.15) is 13.8 Å². The average Bonchev–Trinajstić information content (AvgIpc) is 1.35. The molecule has 0 saturated heterocycles. The average molecular weight is 124 g/mol. The predicted molar refractivity (Wildman–Crippen MR) is 36.0 cm³/mol. The van der Waals surface area contributed by atoms with Crippen LogP contribution < -0.4 is 5.32 Å². The van der Waals surface area contributed by atoms with E-state index in [4.69, 9.17) is 0 Å². The molecule has 0 heterocycles.